The minimum absolute atomic E-state index is 0.105. The summed E-state index contributed by atoms with van der Waals surface area (Å²) in [5.41, 5.74) is 0. The molecule has 0 aliphatic heterocycles. The lowest BCUT2D eigenvalue weighted by Crippen LogP contribution is -2.30. The third kappa shape index (κ3) is 66.9. The van der Waals surface area contributed by atoms with Crippen molar-refractivity contribution < 1.29 is 28.6 Å². The molecule has 83 heavy (non-hydrogen) atoms. The molecule has 0 N–H and O–H groups in total. The minimum atomic E-state index is -0.809. The van der Waals surface area contributed by atoms with Crippen molar-refractivity contribution in [3.63, 3.8) is 0 Å². The lowest BCUT2D eigenvalue weighted by atomic mass is 10.1. The monoisotopic (exact) mass is 1140 g/mol. The number of carbonyl (C=O) groups excluding carboxylic acids is 3. The molecule has 462 valence electrons. The van der Waals surface area contributed by atoms with E-state index in [2.05, 4.69) is 215 Å². The molecular weight excluding hydrogens is 1020 g/mol. The molecule has 0 aliphatic rings. The molecule has 0 amide bonds. The third-order valence-electron chi connectivity index (χ3n) is 13.1. The van der Waals surface area contributed by atoms with Gasteiger partial charge >= 0.3 is 17.9 Å². The van der Waals surface area contributed by atoms with Gasteiger partial charge in [-0.25, -0.2) is 0 Å². The van der Waals surface area contributed by atoms with Gasteiger partial charge in [0.1, 0.15) is 13.2 Å². The van der Waals surface area contributed by atoms with Gasteiger partial charge in [0, 0.05) is 19.3 Å². The van der Waals surface area contributed by atoms with Crippen molar-refractivity contribution in [3.8, 4) is 0 Å². The molecule has 0 fully saturated rings. The average molecular weight is 1140 g/mol. The van der Waals surface area contributed by atoms with Crippen molar-refractivity contribution in [1.82, 2.24) is 0 Å². The molecule has 0 aliphatic carbocycles. The van der Waals surface area contributed by atoms with E-state index in [-0.39, 0.29) is 37.5 Å². The molecule has 6 nitrogen and oxygen atoms in total. The number of ether oxygens (including phenoxy) is 3. The largest absolute Gasteiger partial charge is 0.462 e. The van der Waals surface area contributed by atoms with Crippen LogP contribution < -0.4 is 0 Å². The van der Waals surface area contributed by atoms with Crippen LogP contribution >= 0.6 is 0 Å². The highest BCUT2D eigenvalue weighted by Crippen LogP contribution is 2.13. The van der Waals surface area contributed by atoms with Crippen LogP contribution in [0.3, 0.4) is 0 Å². The molecule has 0 saturated carbocycles. The van der Waals surface area contributed by atoms with Gasteiger partial charge in [-0.1, -0.05) is 279 Å². The van der Waals surface area contributed by atoms with Crippen LogP contribution in [-0.2, 0) is 28.6 Å². The Morgan fingerprint density at radius 2 is 0.470 bits per heavy atom. The van der Waals surface area contributed by atoms with Crippen LogP contribution in [-0.4, -0.2) is 37.2 Å². The van der Waals surface area contributed by atoms with Crippen molar-refractivity contribution in [3.05, 3.63) is 194 Å². The molecule has 0 radical (unpaired) electrons. The van der Waals surface area contributed by atoms with Crippen LogP contribution in [0.25, 0.3) is 0 Å². The Morgan fingerprint density at radius 1 is 0.253 bits per heavy atom. The molecule has 0 saturated heterocycles. The number of carbonyl (C=O) groups is 3. The number of esters is 3. The summed E-state index contributed by atoms with van der Waals surface area (Å²) >= 11 is 0. The molecule has 0 aromatic heterocycles. The Hall–Kier alpha value is -5.75. The molecule has 1 unspecified atom stereocenters. The predicted molar refractivity (Wildman–Crippen MR) is 361 cm³/mol. The Kier molecular flexibility index (Phi) is 64.0. The predicted octanol–water partition coefficient (Wildman–Crippen LogP) is 23.0. The summed E-state index contributed by atoms with van der Waals surface area (Å²) in [5.74, 6) is -0.973. The summed E-state index contributed by atoms with van der Waals surface area (Å²) in [6.45, 7) is 6.27. The third-order valence-corrected chi connectivity index (χ3v) is 13.1. The zero-order chi connectivity index (χ0) is 59.9. The first kappa shape index (κ1) is 77.2. The Morgan fingerprint density at radius 3 is 0.747 bits per heavy atom. The fraction of sp³-hybridized carbons (Fsp3) is 0.545. The first-order chi connectivity index (χ1) is 41.0. The van der Waals surface area contributed by atoms with Gasteiger partial charge < -0.3 is 14.2 Å². The maximum Gasteiger partial charge on any atom is 0.306 e. The normalized spacial score (nSPS) is 13.4. The minimum Gasteiger partial charge on any atom is -0.462 e. The van der Waals surface area contributed by atoms with Gasteiger partial charge in [0.25, 0.3) is 0 Å². The van der Waals surface area contributed by atoms with Crippen LogP contribution in [0.2, 0.25) is 0 Å². The summed E-state index contributed by atoms with van der Waals surface area (Å²) in [4.78, 5) is 37.9. The quantitative estimate of drug-likeness (QED) is 0.0261. The Balaban J connectivity index is 4.18. The van der Waals surface area contributed by atoms with Gasteiger partial charge in [-0.15, -0.1) is 0 Å². The maximum absolute atomic E-state index is 12.8. The molecule has 6 heteroatoms. The fourth-order valence-corrected chi connectivity index (χ4v) is 8.24. The average Bonchev–Trinajstić information content (AvgIpc) is 3.49. The highest BCUT2D eigenvalue weighted by Gasteiger charge is 2.19. The summed E-state index contributed by atoms with van der Waals surface area (Å²) in [6.07, 6.45) is 105. The van der Waals surface area contributed by atoms with Gasteiger partial charge in [0.15, 0.2) is 6.10 Å². The number of hydrogen-bond donors (Lipinski definition) is 0. The van der Waals surface area contributed by atoms with Crippen molar-refractivity contribution in [2.24, 2.45) is 0 Å². The number of unbranched alkanes of at least 4 members (excludes halogenated alkanes) is 14. The number of allylic oxidation sites excluding steroid dienone is 32. The van der Waals surface area contributed by atoms with E-state index in [1.165, 1.54) is 25.7 Å². The lowest BCUT2D eigenvalue weighted by Gasteiger charge is -2.18. The number of rotatable bonds is 57. The smallest absolute Gasteiger partial charge is 0.306 e. The Labute approximate surface area is 509 Å². The SMILES string of the molecule is CC/C=C\C/C=C\C/C=C\C/C=C\C/C=C\C/C=C\C/C=C\C/C=C\C/C=C\CCCCCCCCCC(=O)OCC(COC(=O)CCCCCCC)OC(=O)CCCCC/C=C\C/C=C\C/C=C\C/C=C\C/C=C\C/C=C\C/C=C\CC. The number of hydrogen-bond acceptors (Lipinski definition) is 6. The first-order valence-corrected chi connectivity index (χ1v) is 32.9. The van der Waals surface area contributed by atoms with E-state index in [4.69, 9.17) is 14.2 Å². The summed E-state index contributed by atoms with van der Waals surface area (Å²) in [7, 11) is 0. The van der Waals surface area contributed by atoms with Crippen LogP contribution in [0.4, 0.5) is 0 Å². The van der Waals surface area contributed by atoms with Crippen LogP contribution in [0.5, 0.6) is 0 Å². The second-order valence-corrected chi connectivity index (χ2v) is 20.9. The van der Waals surface area contributed by atoms with E-state index in [1.54, 1.807) is 0 Å². The summed E-state index contributed by atoms with van der Waals surface area (Å²) < 4.78 is 16.7. The van der Waals surface area contributed by atoms with Gasteiger partial charge in [0.2, 0.25) is 0 Å². The lowest BCUT2D eigenvalue weighted by molar-refractivity contribution is -0.167. The molecule has 0 spiro atoms. The van der Waals surface area contributed by atoms with E-state index in [0.29, 0.717) is 19.3 Å². The topological polar surface area (TPSA) is 78.9 Å². The zero-order valence-corrected chi connectivity index (χ0v) is 52.9. The van der Waals surface area contributed by atoms with Crippen molar-refractivity contribution >= 4 is 17.9 Å². The van der Waals surface area contributed by atoms with Gasteiger partial charge in [-0.3, -0.25) is 14.4 Å². The molecule has 0 rings (SSSR count). The van der Waals surface area contributed by atoms with Crippen LogP contribution in [0, 0.1) is 0 Å². The molecule has 0 bridgehead atoms. The second kappa shape index (κ2) is 68.7. The molecule has 0 heterocycles. The van der Waals surface area contributed by atoms with Crippen LogP contribution in [0.1, 0.15) is 252 Å². The van der Waals surface area contributed by atoms with Crippen LogP contribution in [0.15, 0.2) is 194 Å². The van der Waals surface area contributed by atoms with E-state index >= 15 is 0 Å². The van der Waals surface area contributed by atoms with E-state index in [9.17, 15) is 14.4 Å². The van der Waals surface area contributed by atoms with Gasteiger partial charge in [-0.2, -0.15) is 0 Å². The molecule has 0 aromatic rings. The van der Waals surface area contributed by atoms with E-state index in [0.717, 1.165) is 180 Å². The fourth-order valence-electron chi connectivity index (χ4n) is 8.24. The first-order valence-electron chi connectivity index (χ1n) is 32.9. The maximum atomic E-state index is 12.8. The summed E-state index contributed by atoms with van der Waals surface area (Å²) in [6, 6.07) is 0. The highest BCUT2D eigenvalue weighted by molar-refractivity contribution is 5.71. The van der Waals surface area contributed by atoms with Gasteiger partial charge in [-0.05, 0) is 148 Å². The molecular formula is C77H118O6. The second-order valence-electron chi connectivity index (χ2n) is 20.9. The van der Waals surface area contributed by atoms with E-state index < -0.39 is 6.10 Å². The summed E-state index contributed by atoms with van der Waals surface area (Å²) in [5, 5.41) is 0. The highest BCUT2D eigenvalue weighted by atomic mass is 16.6. The van der Waals surface area contributed by atoms with Gasteiger partial charge in [0.05, 0.1) is 0 Å². The molecule has 0 aromatic carbocycles. The standard InChI is InChI=1S/C77H118O6/c1-4-7-10-13-15-17-19-21-23-25-27-29-31-33-34-35-36-37-38-39-40-41-42-44-45-47-49-51-53-55-57-59-61-64-67-70-76(79)82-73-74(72-81-75(78)69-66-63-12-9-6-3)83-77(80)71-68-65-62-60-58-56-54-52-50-48-46-43-32-30-28-26-24-22-20-18-16-14-11-8-5-2/h7-8,10-11,15-18,21-24,27-30,33-34,36-37,39-40,42-44,46-47,49-50,52,56,58,74H,4-6,9,12-14,19-20,25-26,31-32,35,38,41,45,48,51,53-55,57,59-73H2,1-3H3/b10-7-,11-8-,17-15-,18-16-,23-21-,24-22-,29-27-,30-28-,34-33-,37-36-,40-39-,44-42-,46-43-,49-47-,52-50-,58-56-. The zero-order valence-electron chi connectivity index (χ0n) is 52.9. The Bertz CT molecular complexity index is 1990. The van der Waals surface area contributed by atoms with E-state index in [1.807, 2.05) is 0 Å². The van der Waals surface area contributed by atoms with Crippen molar-refractivity contribution in [1.29, 1.82) is 0 Å². The van der Waals surface area contributed by atoms with Crippen molar-refractivity contribution in [2.45, 2.75) is 258 Å². The molecule has 1 atom stereocenters. The van der Waals surface area contributed by atoms with Crippen molar-refractivity contribution in [2.75, 3.05) is 13.2 Å².